The van der Waals surface area contributed by atoms with E-state index in [1.165, 1.54) is 6.08 Å². The molecule has 0 aliphatic heterocycles. The number of phenols is 2. The van der Waals surface area contributed by atoms with Crippen molar-refractivity contribution >= 4 is 11.8 Å². The second kappa shape index (κ2) is 12.5. The molecule has 204 valence electrons. The molecule has 2 heterocycles. The summed E-state index contributed by atoms with van der Waals surface area (Å²) >= 11 is 0. The van der Waals surface area contributed by atoms with Gasteiger partial charge in [0.25, 0.3) is 6.26 Å². The Kier molecular flexibility index (Phi) is 8.05. The SMILES string of the molecule is N#COc1cccc(-n2cc(-c3cccc(N=C=O)c3)nn2)c1.Oc1cccc(-c2cn(-c3cccc(O)c3)nn2)c1. The van der Waals surface area contributed by atoms with E-state index in [1.807, 2.05) is 24.3 Å². The number of benzene rings is 4. The van der Waals surface area contributed by atoms with Crippen LogP contribution in [-0.4, -0.2) is 46.3 Å². The highest BCUT2D eigenvalue weighted by Gasteiger charge is 2.08. The Bertz CT molecular complexity index is 1880. The minimum absolute atomic E-state index is 0.173. The van der Waals surface area contributed by atoms with E-state index < -0.39 is 0 Å². The summed E-state index contributed by atoms with van der Waals surface area (Å²) in [4.78, 5) is 13.9. The van der Waals surface area contributed by atoms with E-state index in [9.17, 15) is 15.0 Å². The van der Waals surface area contributed by atoms with Crippen molar-refractivity contribution in [2.75, 3.05) is 0 Å². The standard InChI is InChI=1S/C16H9N5O2.C14H11N3O2/c17-10-23-15-6-2-5-14(8-15)21-9-16(19-20-21)12-3-1-4-13(7-12)18-11-22;18-12-5-1-3-10(7-12)14-9-17(16-15-14)11-4-2-6-13(19)8-11/h1-9H;1-9,18-19H. The van der Waals surface area contributed by atoms with Crippen LogP contribution in [0, 0.1) is 11.5 Å². The first-order chi connectivity index (χ1) is 20.5. The van der Waals surface area contributed by atoms with Crippen molar-refractivity contribution in [3.63, 3.8) is 0 Å². The number of hydrogen-bond donors (Lipinski definition) is 2. The molecule has 6 rings (SSSR count). The van der Waals surface area contributed by atoms with Crippen LogP contribution in [0.2, 0.25) is 0 Å². The fourth-order valence-electron chi connectivity index (χ4n) is 3.88. The Morgan fingerprint density at radius 2 is 1.29 bits per heavy atom. The molecule has 6 aromatic rings. The molecular formula is C30H20N8O4. The van der Waals surface area contributed by atoms with Crippen molar-refractivity contribution < 1.29 is 19.7 Å². The van der Waals surface area contributed by atoms with Crippen molar-refractivity contribution in [3.05, 3.63) is 109 Å². The van der Waals surface area contributed by atoms with Gasteiger partial charge in [0.2, 0.25) is 6.08 Å². The Hall–Kier alpha value is -6.57. The van der Waals surface area contributed by atoms with E-state index in [1.54, 1.807) is 101 Å². The summed E-state index contributed by atoms with van der Waals surface area (Å²) in [6, 6.07) is 27.5. The number of aromatic hydroxyl groups is 2. The topological polar surface area (TPSA) is 164 Å². The maximum Gasteiger partial charge on any atom is 0.292 e. The van der Waals surface area contributed by atoms with E-state index >= 15 is 0 Å². The van der Waals surface area contributed by atoms with E-state index in [0.29, 0.717) is 28.5 Å². The summed E-state index contributed by atoms with van der Waals surface area (Å²) in [6.07, 6.45) is 6.60. The van der Waals surface area contributed by atoms with Crippen molar-refractivity contribution in [3.8, 4) is 57.4 Å². The maximum absolute atomic E-state index is 10.3. The van der Waals surface area contributed by atoms with Gasteiger partial charge in [-0.3, -0.25) is 0 Å². The van der Waals surface area contributed by atoms with Gasteiger partial charge in [-0.2, -0.15) is 4.99 Å². The minimum atomic E-state index is 0.173. The molecule has 0 aliphatic rings. The molecule has 0 aliphatic carbocycles. The number of isocyanates is 1. The second-order valence-electron chi connectivity index (χ2n) is 8.61. The van der Waals surface area contributed by atoms with Gasteiger partial charge in [-0.1, -0.05) is 46.8 Å². The third kappa shape index (κ3) is 6.52. The Morgan fingerprint density at radius 3 is 1.90 bits per heavy atom. The smallest absolute Gasteiger partial charge is 0.292 e. The van der Waals surface area contributed by atoms with Crippen LogP contribution in [-0.2, 0) is 4.79 Å². The molecule has 0 saturated heterocycles. The highest BCUT2D eigenvalue weighted by Crippen LogP contribution is 2.24. The van der Waals surface area contributed by atoms with Gasteiger partial charge in [0, 0.05) is 23.3 Å². The lowest BCUT2D eigenvalue weighted by Crippen LogP contribution is -1.95. The first-order valence-electron chi connectivity index (χ1n) is 12.3. The van der Waals surface area contributed by atoms with E-state index in [4.69, 9.17) is 10.00 Å². The van der Waals surface area contributed by atoms with Crippen LogP contribution in [0.5, 0.6) is 17.2 Å². The highest BCUT2D eigenvalue weighted by molar-refractivity contribution is 5.64. The first kappa shape index (κ1) is 27.0. The minimum Gasteiger partial charge on any atom is -0.508 e. The van der Waals surface area contributed by atoms with Gasteiger partial charge < -0.3 is 14.9 Å². The van der Waals surface area contributed by atoms with Gasteiger partial charge >= 0.3 is 0 Å². The highest BCUT2D eigenvalue weighted by atomic mass is 16.5. The number of hydrogen-bond acceptors (Lipinski definition) is 10. The lowest BCUT2D eigenvalue weighted by Gasteiger charge is -2.01. The average Bonchev–Trinajstić information content (AvgIpc) is 3.70. The van der Waals surface area contributed by atoms with Crippen LogP contribution in [0.4, 0.5) is 5.69 Å². The molecule has 0 fully saturated rings. The summed E-state index contributed by atoms with van der Waals surface area (Å²) in [5.41, 5.74) is 4.76. The molecule has 0 saturated carbocycles. The van der Waals surface area contributed by atoms with Crippen LogP contribution in [0.15, 0.2) is 114 Å². The van der Waals surface area contributed by atoms with Crippen molar-refractivity contribution in [2.24, 2.45) is 4.99 Å². The van der Waals surface area contributed by atoms with Gasteiger partial charge in [-0.25, -0.2) is 14.2 Å². The third-order valence-corrected chi connectivity index (χ3v) is 5.79. The zero-order valence-electron chi connectivity index (χ0n) is 21.7. The largest absolute Gasteiger partial charge is 0.508 e. The summed E-state index contributed by atoms with van der Waals surface area (Å²) in [7, 11) is 0. The lowest BCUT2D eigenvalue weighted by atomic mass is 10.1. The molecule has 0 radical (unpaired) electrons. The lowest BCUT2D eigenvalue weighted by molar-refractivity contribution is 0.474. The molecule has 0 bridgehead atoms. The van der Waals surface area contributed by atoms with Crippen molar-refractivity contribution in [1.29, 1.82) is 5.26 Å². The molecular weight excluding hydrogens is 536 g/mol. The number of aliphatic imine (C=N–C) groups is 1. The molecule has 12 heteroatoms. The maximum atomic E-state index is 10.3. The van der Waals surface area contributed by atoms with Crippen LogP contribution in [0.1, 0.15) is 0 Å². The van der Waals surface area contributed by atoms with Gasteiger partial charge in [0.05, 0.1) is 29.5 Å². The van der Waals surface area contributed by atoms with E-state index in [2.05, 4.69) is 25.6 Å². The van der Waals surface area contributed by atoms with Crippen LogP contribution < -0.4 is 4.74 Å². The third-order valence-electron chi connectivity index (χ3n) is 5.79. The molecule has 0 amide bonds. The molecule has 0 spiro atoms. The Morgan fingerprint density at radius 1 is 0.714 bits per heavy atom. The molecule has 0 unspecified atom stereocenters. The quantitative estimate of drug-likeness (QED) is 0.161. The Balaban J connectivity index is 0.000000171. The second-order valence-corrected chi connectivity index (χ2v) is 8.61. The Labute approximate surface area is 238 Å². The number of nitriles is 1. The molecule has 0 atom stereocenters. The predicted octanol–water partition coefficient (Wildman–Crippen LogP) is 5.11. The van der Waals surface area contributed by atoms with E-state index in [0.717, 1.165) is 16.8 Å². The van der Waals surface area contributed by atoms with Gasteiger partial charge in [0.1, 0.15) is 28.6 Å². The van der Waals surface area contributed by atoms with Crippen LogP contribution in [0.25, 0.3) is 33.9 Å². The summed E-state index contributed by atoms with van der Waals surface area (Å²) in [5.74, 6) is 0.778. The van der Waals surface area contributed by atoms with E-state index in [-0.39, 0.29) is 11.5 Å². The van der Waals surface area contributed by atoms with Crippen LogP contribution >= 0.6 is 0 Å². The predicted molar refractivity (Wildman–Crippen MR) is 151 cm³/mol. The normalized spacial score (nSPS) is 10.1. The van der Waals surface area contributed by atoms with Gasteiger partial charge in [-0.15, -0.1) is 15.5 Å². The number of phenolic OH excluding ortho intramolecular Hbond substituents is 2. The first-order valence-corrected chi connectivity index (χ1v) is 12.3. The number of ether oxygens (including phenoxy) is 1. The molecule has 2 N–H and O–H groups in total. The molecule has 2 aromatic heterocycles. The van der Waals surface area contributed by atoms with Gasteiger partial charge in [0.15, 0.2) is 0 Å². The number of nitrogens with zero attached hydrogens (tertiary/aromatic N) is 8. The van der Waals surface area contributed by atoms with Crippen molar-refractivity contribution in [1.82, 2.24) is 30.0 Å². The summed E-state index contributed by atoms with van der Waals surface area (Å²) in [5, 5.41) is 43.7. The fraction of sp³-hybridized carbons (Fsp3) is 0. The van der Waals surface area contributed by atoms with Crippen molar-refractivity contribution in [2.45, 2.75) is 0 Å². The van der Waals surface area contributed by atoms with Crippen LogP contribution in [0.3, 0.4) is 0 Å². The fourth-order valence-corrected chi connectivity index (χ4v) is 3.88. The summed E-state index contributed by atoms with van der Waals surface area (Å²) < 4.78 is 7.93. The molecule has 12 nitrogen and oxygen atoms in total. The summed E-state index contributed by atoms with van der Waals surface area (Å²) in [6.45, 7) is 0. The molecule has 42 heavy (non-hydrogen) atoms. The van der Waals surface area contributed by atoms with Gasteiger partial charge in [-0.05, 0) is 48.5 Å². The number of carbonyl (C=O) groups excluding carboxylic acids is 1. The molecule has 4 aromatic carbocycles. The average molecular weight is 557 g/mol. The monoisotopic (exact) mass is 556 g/mol. The number of aromatic nitrogens is 6. The zero-order chi connectivity index (χ0) is 29.3. The number of rotatable bonds is 6. The zero-order valence-corrected chi connectivity index (χ0v) is 21.7.